The molecule has 2 nitrogen and oxygen atoms in total. The minimum Gasteiger partial charge on any atom is -0.382 e. The molecule has 0 aromatic carbocycles. The lowest BCUT2D eigenvalue weighted by Gasteiger charge is -2.28. The van der Waals surface area contributed by atoms with Gasteiger partial charge in [0, 0.05) is 7.11 Å². The zero-order chi connectivity index (χ0) is 10.2. The second-order valence-corrected chi connectivity index (χ2v) is 4.15. The molecule has 0 unspecified atom stereocenters. The van der Waals surface area contributed by atoms with Crippen LogP contribution in [0.1, 0.15) is 38.5 Å². The van der Waals surface area contributed by atoms with Gasteiger partial charge in [-0.1, -0.05) is 19.8 Å². The molecule has 0 bridgehead atoms. The zero-order valence-electron chi connectivity index (χ0n) is 9.34. The summed E-state index contributed by atoms with van der Waals surface area (Å²) >= 11 is 0. The van der Waals surface area contributed by atoms with Gasteiger partial charge in [0.15, 0.2) is 0 Å². The van der Waals surface area contributed by atoms with Crippen LogP contribution in [-0.2, 0) is 9.47 Å². The van der Waals surface area contributed by atoms with E-state index in [4.69, 9.17) is 9.47 Å². The standard InChI is InChI=1S/C12H23O2/c1-3-4-11-5-7-12(8-6-11)14-10-9-13-2/h11-12H,1,3-10H2,2H3. The molecule has 14 heavy (non-hydrogen) atoms. The van der Waals surface area contributed by atoms with Crippen LogP contribution in [0.3, 0.4) is 0 Å². The summed E-state index contributed by atoms with van der Waals surface area (Å²) in [6.45, 7) is 5.38. The molecule has 83 valence electrons. The third-order valence-corrected chi connectivity index (χ3v) is 3.05. The maximum Gasteiger partial charge on any atom is 0.0704 e. The highest BCUT2D eigenvalue weighted by atomic mass is 16.5. The van der Waals surface area contributed by atoms with Gasteiger partial charge in [-0.2, -0.15) is 0 Å². The Labute approximate surface area is 88.0 Å². The molecular weight excluding hydrogens is 176 g/mol. The molecule has 1 aliphatic carbocycles. The summed E-state index contributed by atoms with van der Waals surface area (Å²) in [4.78, 5) is 0. The molecule has 0 N–H and O–H groups in total. The van der Waals surface area contributed by atoms with Crippen LogP contribution in [0, 0.1) is 12.8 Å². The second kappa shape index (κ2) is 7.24. The Morgan fingerprint density at radius 3 is 2.43 bits per heavy atom. The molecular formula is C12H23O2. The van der Waals surface area contributed by atoms with Gasteiger partial charge in [-0.25, -0.2) is 0 Å². The molecule has 0 saturated heterocycles. The topological polar surface area (TPSA) is 18.5 Å². The van der Waals surface area contributed by atoms with E-state index in [-0.39, 0.29) is 0 Å². The Morgan fingerprint density at radius 1 is 1.14 bits per heavy atom. The van der Waals surface area contributed by atoms with E-state index in [1.807, 2.05) is 0 Å². The van der Waals surface area contributed by atoms with Gasteiger partial charge in [0.1, 0.15) is 0 Å². The fraction of sp³-hybridized carbons (Fsp3) is 0.917. The molecule has 0 spiro atoms. The van der Waals surface area contributed by atoms with Gasteiger partial charge >= 0.3 is 0 Å². The minimum atomic E-state index is 0.492. The molecule has 1 rings (SSSR count). The highest BCUT2D eigenvalue weighted by Gasteiger charge is 2.20. The van der Waals surface area contributed by atoms with Crippen LogP contribution in [0.15, 0.2) is 0 Å². The summed E-state index contributed by atoms with van der Waals surface area (Å²) in [5.41, 5.74) is 0. The van der Waals surface area contributed by atoms with Crippen LogP contribution in [0.2, 0.25) is 0 Å². The summed E-state index contributed by atoms with van der Waals surface area (Å²) in [6.07, 6.45) is 7.99. The quantitative estimate of drug-likeness (QED) is 0.612. The van der Waals surface area contributed by atoms with Gasteiger partial charge in [0.05, 0.1) is 19.3 Å². The predicted molar refractivity (Wildman–Crippen MR) is 58.2 cm³/mol. The Kier molecular flexibility index (Phi) is 6.20. The van der Waals surface area contributed by atoms with Crippen LogP contribution < -0.4 is 0 Å². The first kappa shape index (κ1) is 12.0. The highest BCUT2D eigenvalue weighted by Crippen LogP contribution is 2.29. The van der Waals surface area contributed by atoms with Crippen LogP contribution in [-0.4, -0.2) is 26.4 Å². The number of hydrogen-bond donors (Lipinski definition) is 0. The average Bonchev–Trinajstić information content (AvgIpc) is 2.21. The molecule has 1 radical (unpaired) electrons. The number of methoxy groups -OCH3 is 1. The maximum absolute atomic E-state index is 5.71. The van der Waals surface area contributed by atoms with Crippen LogP contribution in [0.5, 0.6) is 0 Å². The maximum atomic E-state index is 5.71. The van der Waals surface area contributed by atoms with Crippen LogP contribution in [0.25, 0.3) is 0 Å². The minimum absolute atomic E-state index is 0.492. The van der Waals surface area contributed by atoms with E-state index in [2.05, 4.69) is 6.92 Å². The molecule has 0 aromatic heterocycles. The molecule has 2 heteroatoms. The van der Waals surface area contributed by atoms with Crippen molar-refractivity contribution in [2.75, 3.05) is 20.3 Å². The molecule has 0 aromatic rings. The summed E-state index contributed by atoms with van der Waals surface area (Å²) < 4.78 is 10.7. The van der Waals surface area contributed by atoms with E-state index in [0.29, 0.717) is 6.10 Å². The molecule has 1 fully saturated rings. The van der Waals surface area contributed by atoms with Crippen molar-refractivity contribution in [1.29, 1.82) is 0 Å². The molecule has 1 aliphatic rings. The molecule has 0 heterocycles. The van der Waals surface area contributed by atoms with E-state index in [1.165, 1.54) is 32.1 Å². The van der Waals surface area contributed by atoms with E-state index < -0.39 is 0 Å². The number of rotatable bonds is 6. The van der Waals surface area contributed by atoms with Crippen molar-refractivity contribution in [3.8, 4) is 0 Å². The lowest BCUT2D eigenvalue weighted by atomic mass is 9.85. The van der Waals surface area contributed by atoms with Crippen LogP contribution in [0.4, 0.5) is 0 Å². The average molecular weight is 199 g/mol. The Hall–Kier alpha value is -0.0800. The SMILES string of the molecule is [CH2]CCC1CCC(OCCOC)CC1. The molecule has 1 saturated carbocycles. The smallest absolute Gasteiger partial charge is 0.0704 e. The van der Waals surface area contributed by atoms with E-state index in [1.54, 1.807) is 7.11 Å². The van der Waals surface area contributed by atoms with Gasteiger partial charge in [-0.05, 0) is 31.6 Å². The number of ether oxygens (including phenoxy) is 2. The Bertz CT molecular complexity index is 128. The highest BCUT2D eigenvalue weighted by molar-refractivity contribution is 4.73. The number of hydrogen-bond acceptors (Lipinski definition) is 2. The van der Waals surface area contributed by atoms with Crippen molar-refractivity contribution in [3.63, 3.8) is 0 Å². The van der Waals surface area contributed by atoms with Gasteiger partial charge in [-0.3, -0.25) is 0 Å². The van der Waals surface area contributed by atoms with Crippen molar-refractivity contribution in [3.05, 3.63) is 6.92 Å². The first-order valence-corrected chi connectivity index (χ1v) is 5.76. The monoisotopic (exact) mass is 199 g/mol. The van der Waals surface area contributed by atoms with Crippen molar-refractivity contribution in [2.24, 2.45) is 5.92 Å². The second-order valence-electron chi connectivity index (χ2n) is 4.15. The summed E-state index contributed by atoms with van der Waals surface area (Å²) in [6, 6.07) is 0. The van der Waals surface area contributed by atoms with Crippen molar-refractivity contribution in [2.45, 2.75) is 44.6 Å². The van der Waals surface area contributed by atoms with Gasteiger partial charge < -0.3 is 9.47 Å². The summed E-state index contributed by atoms with van der Waals surface area (Å²) in [5.74, 6) is 0.912. The third-order valence-electron chi connectivity index (χ3n) is 3.05. The predicted octanol–water partition coefficient (Wildman–Crippen LogP) is 2.82. The van der Waals surface area contributed by atoms with Crippen molar-refractivity contribution < 1.29 is 9.47 Å². The first-order chi connectivity index (χ1) is 6.86. The van der Waals surface area contributed by atoms with Crippen molar-refractivity contribution in [1.82, 2.24) is 0 Å². The molecule has 0 atom stereocenters. The fourth-order valence-corrected chi connectivity index (χ4v) is 2.17. The normalized spacial score (nSPS) is 27.9. The fourth-order valence-electron chi connectivity index (χ4n) is 2.17. The van der Waals surface area contributed by atoms with E-state index in [0.717, 1.165) is 25.6 Å². The zero-order valence-corrected chi connectivity index (χ0v) is 9.34. The lowest BCUT2D eigenvalue weighted by Crippen LogP contribution is -2.23. The summed E-state index contributed by atoms with van der Waals surface area (Å²) in [5, 5.41) is 0. The lowest BCUT2D eigenvalue weighted by molar-refractivity contribution is -0.00797. The Balaban J connectivity index is 2.03. The van der Waals surface area contributed by atoms with Gasteiger partial charge in [0.2, 0.25) is 0 Å². The largest absolute Gasteiger partial charge is 0.382 e. The molecule has 0 aliphatic heterocycles. The van der Waals surface area contributed by atoms with Crippen LogP contribution >= 0.6 is 0 Å². The van der Waals surface area contributed by atoms with E-state index in [9.17, 15) is 0 Å². The van der Waals surface area contributed by atoms with Gasteiger partial charge in [0.25, 0.3) is 0 Å². The third kappa shape index (κ3) is 4.43. The molecule has 0 amide bonds. The van der Waals surface area contributed by atoms with E-state index >= 15 is 0 Å². The summed E-state index contributed by atoms with van der Waals surface area (Å²) in [7, 11) is 1.72. The first-order valence-electron chi connectivity index (χ1n) is 5.76. The Morgan fingerprint density at radius 2 is 1.86 bits per heavy atom. The van der Waals surface area contributed by atoms with Gasteiger partial charge in [-0.15, -0.1) is 0 Å². The van der Waals surface area contributed by atoms with Crippen molar-refractivity contribution >= 4 is 0 Å².